The zero-order valence-electron chi connectivity index (χ0n) is 8.61. The van der Waals surface area contributed by atoms with E-state index < -0.39 is 5.97 Å². The van der Waals surface area contributed by atoms with Crippen LogP contribution in [0.1, 0.15) is 13.8 Å². The summed E-state index contributed by atoms with van der Waals surface area (Å²) in [6, 6.07) is 6.93. The molecule has 0 unspecified atom stereocenters. The molecule has 0 atom stereocenters. The van der Waals surface area contributed by atoms with Crippen LogP contribution in [0, 0.1) is 0 Å². The molecule has 1 rings (SSSR count). The maximum absolute atomic E-state index is 11.1. The van der Waals surface area contributed by atoms with Gasteiger partial charge in [-0.05, 0) is 32.0 Å². The maximum Gasteiger partial charge on any atom is 0.349 e. The number of halogens is 1. The summed E-state index contributed by atoms with van der Waals surface area (Å²) in [4.78, 5) is 15.0. The fourth-order valence-corrected chi connectivity index (χ4v) is 1.13. The van der Waals surface area contributed by atoms with Crippen LogP contribution in [0.4, 0.5) is 5.69 Å². The van der Waals surface area contributed by atoms with E-state index in [0.29, 0.717) is 10.7 Å². The van der Waals surface area contributed by atoms with E-state index in [1.54, 1.807) is 38.1 Å². The second-order valence-corrected chi connectivity index (χ2v) is 3.66. The van der Waals surface area contributed by atoms with Crippen molar-refractivity contribution in [1.82, 2.24) is 0 Å². The molecule has 0 amide bonds. The molecule has 0 aliphatic heterocycles. The molecule has 4 heteroatoms. The molecular weight excluding hydrogens is 214 g/mol. The van der Waals surface area contributed by atoms with E-state index in [4.69, 9.17) is 16.3 Å². The number of rotatable bonds is 3. The van der Waals surface area contributed by atoms with E-state index >= 15 is 0 Å². The van der Waals surface area contributed by atoms with Crippen LogP contribution < -0.4 is 0 Å². The van der Waals surface area contributed by atoms with Crippen molar-refractivity contribution < 1.29 is 9.53 Å². The van der Waals surface area contributed by atoms with Crippen LogP contribution in [0.2, 0.25) is 5.02 Å². The Labute approximate surface area is 93.7 Å². The van der Waals surface area contributed by atoms with Gasteiger partial charge in [-0.2, -0.15) is 0 Å². The lowest BCUT2D eigenvalue weighted by Crippen LogP contribution is -2.11. The molecule has 0 saturated carbocycles. The van der Waals surface area contributed by atoms with Crippen LogP contribution in [-0.4, -0.2) is 18.3 Å². The predicted molar refractivity (Wildman–Crippen MR) is 60.8 cm³/mol. The van der Waals surface area contributed by atoms with Crippen molar-refractivity contribution in [1.29, 1.82) is 0 Å². The van der Waals surface area contributed by atoms with Gasteiger partial charge < -0.3 is 4.74 Å². The molecule has 0 bridgehead atoms. The first kappa shape index (κ1) is 11.7. The van der Waals surface area contributed by atoms with Crippen LogP contribution in [0.25, 0.3) is 0 Å². The SMILES string of the molecule is CC(C)OC(=O)C=Nc1cccc(Cl)c1. The Morgan fingerprint density at radius 2 is 2.27 bits per heavy atom. The fourth-order valence-electron chi connectivity index (χ4n) is 0.946. The topological polar surface area (TPSA) is 38.7 Å². The van der Waals surface area contributed by atoms with Gasteiger partial charge in [0.2, 0.25) is 0 Å². The lowest BCUT2D eigenvalue weighted by atomic mass is 10.3. The normalized spacial score (nSPS) is 10.9. The number of aliphatic imine (C=N–C) groups is 1. The Morgan fingerprint density at radius 3 is 2.87 bits per heavy atom. The number of ether oxygens (including phenoxy) is 1. The fraction of sp³-hybridized carbons (Fsp3) is 0.273. The molecule has 1 aromatic carbocycles. The minimum atomic E-state index is -0.454. The highest BCUT2D eigenvalue weighted by Crippen LogP contribution is 2.17. The molecule has 0 radical (unpaired) electrons. The molecule has 1 aromatic rings. The molecule has 0 spiro atoms. The first-order valence-electron chi connectivity index (χ1n) is 4.58. The Balaban J connectivity index is 2.61. The quantitative estimate of drug-likeness (QED) is 0.586. The molecule has 15 heavy (non-hydrogen) atoms. The first-order valence-corrected chi connectivity index (χ1v) is 4.96. The summed E-state index contributed by atoms with van der Waals surface area (Å²) >= 11 is 5.75. The summed E-state index contributed by atoms with van der Waals surface area (Å²) in [7, 11) is 0. The highest BCUT2D eigenvalue weighted by Gasteiger charge is 2.00. The highest BCUT2D eigenvalue weighted by atomic mass is 35.5. The molecule has 0 N–H and O–H groups in total. The van der Waals surface area contributed by atoms with Crippen LogP contribution in [0.5, 0.6) is 0 Å². The molecule has 80 valence electrons. The van der Waals surface area contributed by atoms with E-state index in [1.165, 1.54) is 0 Å². The number of benzene rings is 1. The summed E-state index contributed by atoms with van der Waals surface area (Å²) < 4.78 is 4.88. The standard InChI is InChI=1S/C11H12ClNO2/c1-8(2)15-11(14)7-13-10-5-3-4-9(12)6-10/h3-8H,1-2H3. The van der Waals surface area contributed by atoms with Crippen molar-refractivity contribution in [3.8, 4) is 0 Å². The van der Waals surface area contributed by atoms with Gasteiger partial charge >= 0.3 is 5.97 Å². The van der Waals surface area contributed by atoms with Crippen molar-refractivity contribution >= 4 is 29.5 Å². The van der Waals surface area contributed by atoms with Gasteiger partial charge in [0, 0.05) is 5.02 Å². The molecule has 0 fully saturated rings. The number of carbonyl (C=O) groups is 1. The minimum Gasteiger partial charge on any atom is -0.459 e. The Bertz CT molecular complexity index is 375. The van der Waals surface area contributed by atoms with Crippen molar-refractivity contribution in [2.45, 2.75) is 20.0 Å². The molecule has 0 aliphatic carbocycles. The summed E-state index contributed by atoms with van der Waals surface area (Å²) in [6.45, 7) is 3.57. The number of hydrogen-bond donors (Lipinski definition) is 0. The first-order chi connectivity index (χ1) is 7.08. The van der Waals surface area contributed by atoms with Crippen LogP contribution in [-0.2, 0) is 9.53 Å². The maximum atomic E-state index is 11.1. The van der Waals surface area contributed by atoms with Gasteiger partial charge in [0.15, 0.2) is 0 Å². The zero-order chi connectivity index (χ0) is 11.3. The Morgan fingerprint density at radius 1 is 1.53 bits per heavy atom. The Kier molecular flexibility index (Phi) is 4.31. The summed E-state index contributed by atoms with van der Waals surface area (Å²) in [5, 5.41) is 0.585. The zero-order valence-corrected chi connectivity index (χ0v) is 9.36. The summed E-state index contributed by atoms with van der Waals surface area (Å²) in [5.41, 5.74) is 0.628. The third-order valence-electron chi connectivity index (χ3n) is 1.48. The third kappa shape index (κ3) is 4.61. The number of esters is 1. The largest absolute Gasteiger partial charge is 0.459 e. The van der Waals surface area contributed by atoms with Crippen LogP contribution >= 0.6 is 11.6 Å². The lowest BCUT2D eigenvalue weighted by molar-refractivity contribution is -0.138. The van der Waals surface area contributed by atoms with E-state index in [-0.39, 0.29) is 6.10 Å². The van der Waals surface area contributed by atoms with E-state index in [1.807, 2.05) is 0 Å². The number of carbonyl (C=O) groups excluding carboxylic acids is 1. The molecule has 0 aliphatic rings. The van der Waals surface area contributed by atoms with Crippen molar-refractivity contribution in [3.05, 3.63) is 29.3 Å². The van der Waals surface area contributed by atoms with Gasteiger partial charge in [0.25, 0.3) is 0 Å². The molecule has 0 aromatic heterocycles. The summed E-state index contributed by atoms with van der Waals surface area (Å²) in [6.07, 6.45) is 1.01. The number of hydrogen-bond acceptors (Lipinski definition) is 3. The van der Waals surface area contributed by atoms with Crippen LogP contribution in [0.3, 0.4) is 0 Å². The second-order valence-electron chi connectivity index (χ2n) is 3.22. The van der Waals surface area contributed by atoms with E-state index in [2.05, 4.69) is 4.99 Å². The molecule has 0 heterocycles. The van der Waals surface area contributed by atoms with Crippen molar-refractivity contribution in [2.24, 2.45) is 4.99 Å². The smallest absolute Gasteiger partial charge is 0.349 e. The van der Waals surface area contributed by atoms with Gasteiger partial charge in [-0.1, -0.05) is 17.7 Å². The molecular formula is C11H12ClNO2. The Hall–Kier alpha value is -1.35. The van der Waals surface area contributed by atoms with Gasteiger partial charge in [-0.15, -0.1) is 0 Å². The second kappa shape index (κ2) is 5.51. The average Bonchev–Trinajstić information content (AvgIpc) is 2.14. The van der Waals surface area contributed by atoms with Crippen molar-refractivity contribution in [2.75, 3.05) is 0 Å². The van der Waals surface area contributed by atoms with Gasteiger partial charge in [0.05, 0.1) is 11.8 Å². The molecule has 0 saturated heterocycles. The monoisotopic (exact) mass is 225 g/mol. The molecule has 3 nitrogen and oxygen atoms in total. The van der Waals surface area contributed by atoms with Crippen LogP contribution in [0.15, 0.2) is 29.3 Å². The minimum absolute atomic E-state index is 0.136. The van der Waals surface area contributed by atoms with Gasteiger partial charge in [-0.25, -0.2) is 9.79 Å². The van der Waals surface area contributed by atoms with Gasteiger partial charge in [0.1, 0.15) is 6.21 Å². The van der Waals surface area contributed by atoms with Gasteiger partial charge in [-0.3, -0.25) is 0 Å². The predicted octanol–water partition coefficient (Wildman–Crippen LogP) is 2.99. The average molecular weight is 226 g/mol. The highest BCUT2D eigenvalue weighted by molar-refractivity contribution is 6.30. The van der Waals surface area contributed by atoms with E-state index in [0.717, 1.165) is 6.21 Å². The third-order valence-corrected chi connectivity index (χ3v) is 1.71. The summed E-state index contributed by atoms with van der Waals surface area (Å²) in [5.74, 6) is -0.454. The number of nitrogens with zero attached hydrogens (tertiary/aromatic N) is 1. The van der Waals surface area contributed by atoms with Crippen molar-refractivity contribution in [3.63, 3.8) is 0 Å². The lowest BCUT2D eigenvalue weighted by Gasteiger charge is -2.03. The van der Waals surface area contributed by atoms with E-state index in [9.17, 15) is 4.79 Å².